The van der Waals surface area contributed by atoms with Crippen LogP contribution in [0.5, 0.6) is 6.01 Å². The van der Waals surface area contributed by atoms with Crippen molar-refractivity contribution >= 4 is 38.7 Å². The number of hydrogen-bond donors (Lipinski definition) is 0. The molecule has 1 aromatic carbocycles. The second-order valence-electron chi connectivity index (χ2n) is 13.8. The van der Waals surface area contributed by atoms with Crippen LogP contribution in [0.1, 0.15) is 64.9 Å². The summed E-state index contributed by atoms with van der Waals surface area (Å²) in [5.74, 6) is -1.21. The number of piperazine rings is 1. The average Bonchev–Trinajstić information content (AvgIpc) is 3.63. The summed E-state index contributed by atoms with van der Waals surface area (Å²) in [5.41, 5.74) is -3.04. The molecule has 2 bridgehead atoms. The fourth-order valence-electron chi connectivity index (χ4n) is 7.68. The van der Waals surface area contributed by atoms with Crippen molar-refractivity contribution in [2.45, 2.75) is 94.7 Å². The zero-order chi connectivity index (χ0) is 34.1. The molecule has 47 heavy (non-hydrogen) atoms. The highest BCUT2D eigenvalue weighted by Gasteiger charge is 2.51. The van der Waals surface area contributed by atoms with Crippen LogP contribution in [0.2, 0.25) is 0 Å². The zero-order valence-corrected chi connectivity index (χ0v) is 27.9. The maximum atomic E-state index is 15.6. The van der Waals surface area contributed by atoms with Crippen molar-refractivity contribution < 1.29 is 40.6 Å². The Morgan fingerprint density at radius 2 is 1.96 bits per heavy atom. The number of carbonyl (C=O) groups excluding carboxylic acids is 1. The van der Waals surface area contributed by atoms with Crippen LogP contribution in [0.15, 0.2) is 34.8 Å². The maximum absolute atomic E-state index is 15.6. The van der Waals surface area contributed by atoms with Gasteiger partial charge >= 0.3 is 18.3 Å². The van der Waals surface area contributed by atoms with Gasteiger partial charge < -0.3 is 14.4 Å². The Morgan fingerprint density at radius 3 is 2.62 bits per heavy atom. The summed E-state index contributed by atoms with van der Waals surface area (Å²) in [6.07, 6.45) is -2.41. The molecule has 6 rings (SSSR count). The Bertz CT molecular complexity index is 1630. The van der Waals surface area contributed by atoms with Gasteiger partial charge in [0.2, 0.25) is 0 Å². The van der Waals surface area contributed by atoms with Gasteiger partial charge in [-0.3, -0.25) is 9.80 Å². The van der Waals surface area contributed by atoms with Gasteiger partial charge in [-0.2, -0.15) is 31.9 Å². The van der Waals surface area contributed by atoms with E-state index in [0.717, 1.165) is 6.42 Å². The molecule has 4 fully saturated rings. The van der Waals surface area contributed by atoms with E-state index in [1.54, 1.807) is 36.6 Å². The number of ether oxygens (including phenoxy) is 2. The number of fused-ring (bicyclic) bond motifs is 4. The zero-order valence-electron chi connectivity index (χ0n) is 26.3. The third kappa shape index (κ3) is 6.17. The van der Waals surface area contributed by atoms with E-state index >= 15 is 4.39 Å². The molecule has 0 radical (unpaired) electrons. The third-order valence-corrected chi connectivity index (χ3v) is 10.4. The monoisotopic (exact) mass is 731 g/mol. The molecule has 2 aromatic rings. The highest BCUT2D eigenvalue weighted by molar-refractivity contribution is 9.10. The van der Waals surface area contributed by atoms with Crippen LogP contribution in [-0.2, 0) is 10.9 Å². The number of aromatic nitrogens is 2. The van der Waals surface area contributed by atoms with Crippen molar-refractivity contribution in [2.24, 2.45) is 0 Å². The number of rotatable bonds is 6. The topological polar surface area (TPSA) is 71.0 Å². The Morgan fingerprint density at radius 1 is 1.21 bits per heavy atom. The number of nitrogens with zero attached hydrogens (tertiary/aromatic N) is 5. The first-order chi connectivity index (χ1) is 22.0. The van der Waals surface area contributed by atoms with Crippen LogP contribution in [0, 0.1) is 5.82 Å². The van der Waals surface area contributed by atoms with Crippen molar-refractivity contribution in [1.29, 1.82) is 0 Å². The number of halogens is 7. The van der Waals surface area contributed by atoms with Crippen molar-refractivity contribution in [2.75, 3.05) is 31.1 Å². The molecule has 0 N–H and O–H groups in total. The highest BCUT2D eigenvalue weighted by atomic mass is 79.9. The molecule has 4 atom stereocenters. The molecular weight excluding hydrogens is 696 g/mol. The first-order valence-corrected chi connectivity index (χ1v) is 16.4. The summed E-state index contributed by atoms with van der Waals surface area (Å²) in [4.78, 5) is 27.6. The Balaban J connectivity index is 1.44. The van der Waals surface area contributed by atoms with Crippen LogP contribution in [0.3, 0.4) is 0 Å². The minimum absolute atomic E-state index is 0.0112. The number of anilines is 1. The van der Waals surface area contributed by atoms with Gasteiger partial charge in [-0.05, 0) is 87.8 Å². The van der Waals surface area contributed by atoms with E-state index in [2.05, 4.69) is 32.5 Å². The fraction of sp³-hybridized carbons (Fsp3) is 0.594. The number of benzene rings is 1. The standard InChI is InChI=1S/C32H36BrF6N5O3/c1-5-7-21-22-9-8-18(44(22)29(45)47-30(2,3)4)15-43(21)27-23-24(33)19(32(37,38)39)12-20(34)25(23)40-28(41-27)46-16-31-10-6-11-42(31)14-17(13-31)26(35)36/h5,12,18,21-22H,1,6-11,13-16H2,2-4H3/t18-,21-,22+,31+/m1/s1. The third-order valence-electron chi connectivity index (χ3n) is 9.61. The van der Waals surface area contributed by atoms with Crippen LogP contribution in [-0.4, -0.2) is 81.4 Å². The number of amides is 1. The van der Waals surface area contributed by atoms with Gasteiger partial charge in [-0.15, -0.1) is 6.58 Å². The largest absolute Gasteiger partial charge is 0.461 e. The Labute approximate surface area is 276 Å². The lowest BCUT2D eigenvalue weighted by atomic mass is 9.94. The van der Waals surface area contributed by atoms with Gasteiger partial charge in [0, 0.05) is 23.1 Å². The number of alkyl halides is 3. The molecule has 1 amide bonds. The van der Waals surface area contributed by atoms with Gasteiger partial charge in [0.15, 0.2) is 0 Å². The smallest absolute Gasteiger partial charge is 0.417 e. The Kier molecular flexibility index (Phi) is 8.72. The lowest BCUT2D eigenvalue weighted by Crippen LogP contribution is -2.62. The highest BCUT2D eigenvalue weighted by Crippen LogP contribution is 2.47. The molecule has 8 nitrogen and oxygen atoms in total. The normalized spacial score (nSPS) is 26.3. The van der Waals surface area contributed by atoms with E-state index in [4.69, 9.17) is 9.47 Å². The van der Waals surface area contributed by atoms with Crippen LogP contribution in [0.25, 0.3) is 10.9 Å². The molecule has 4 aliphatic heterocycles. The minimum atomic E-state index is -4.89. The van der Waals surface area contributed by atoms with E-state index in [0.29, 0.717) is 38.3 Å². The van der Waals surface area contributed by atoms with Crippen molar-refractivity contribution in [3.05, 3.63) is 46.2 Å². The molecular formula is C32H36BrF6N5O3. The molecule has 256 valence electrons. The SMILES string of the molecule is C=CC[C@@H]1[C@@H]2CC[C@H](CN1c1nc(OC[C@@]34CCCN3CC(=C(F)F)C4)nc3c(F)cc(C(F)(F)F)c(Br)c13)N2C(=O)OC(C)(C)C. The molecule has 0 unspecified atom stereocenters. The molecule has 0 spiro atoms. The fourth-order valence-corrected chi connectivity index (χ4v) is 8.38. The van der Waals surface area contributed by atoms with E-state index < -0.39 is 57.4 Å². The second-order valence-corrected chi connectivity index (χ2v) is 14.6. The van der Waals surface area contributed by atoms with Crippen LogP contribution >= 0.6 is 15.9 Å². The molecule has 15 heteroatoms. The first-order valence-electron chi connectivity index (χ1n) is 15.6. The predicted molar refractivity (Wildman–Crippen MR) is 166 cm³/mol. The van der Waals surface area contributed by atoms with E-state index in [9.17, 15) is 26.7 Å². The van der Waals surface area contributed by atoms with E-state index in [-0.39, 0.29) is 60.5 Å². The second kappa shape index (κ2) is 12.1. The molecule has 1 aromatic heterocycles. The summed E-state index contributed by atoms with van der Waals surface area (Å²) < 4.78 is 96.4. The van der Waals surface area contributed by atoms with Gasteiger partial charge in [-0.25, -0.2) is 9.18 Å². The van der Waals surface area contributed by atoms with Crippen molar-refractivity contribution in [3.63, 3.8) is 0 Å². The minimum Gasteiger partial charge on any atom is -0.461 e. The summed E-state index contributed by atoms with van der Waals surface area (Å²) in [7, 11) is 0. The van der Waals surface area contributed by atoms with Gasteiger partial charge in [-0.1, -0.05) is 6.08 Å². The van der Waals surface area contributed by atoms with Gasteiger partial charge in [0.25, 0.3) is 6.08 Å². The van der Waals surface area contributed by atoms with Crippen molar-refractivity contribution in [1.82, 2.24) is 19.8 Å². The molecule has 0 saturated carbocycles. The van der Waals surface area contributed by atoms with E-state index in [1.807, 2.05) is 4.90 Å². The number of hydrogen-bond acceptors (Lipinski definition) is 7. The lowest BCUT2D eigenvalue weighted by Gasteiger charge is -2.47. The quantitative estimate of drug-likeness (QED) is 0.222. The van der Waals surface area contributed by atoms with Gasteiger partial charge in [0.05, 0.1) is 34.6 Å². The molecule has 5 heterocycles. The summed E-state index contributed by atoms with van der Waals surface area (Å²) in [6.45, 7) is 10.0. The first kappa shape index (κ1) is 33.8. The average molecular weight is 733 g/mol. The van der Waals surface area contributed by atoms with Gasteiger partial charge in [0.1, 0.15) is 29.4 Å². The van der Waals surface area contributed by atoms with Crippen LogP contribution < -0.4 is 9.64 Å². The maximum Gasteiger partial charge on any atom is 0.417 e. The number of carbonyl (C=O) groups is 1. The lowest BCUT2D eigenvalue weighted by molar-refractivity contribution is -0.138. The molecule has 4 saturated heterocycles. The van der Waals surface area contributed by atoms with E-state index in [1.165, 1.54) is 0 Å². The molecule has 4 aliphatic rings. The summed E-state index contributed by atoms with van der Waals surface area (Å²) in [6, 6.07) is -1.14. The Hall–Kier alpha value is -3.07. The predicted octanol–water partition coefficient (Wildman–Crippen LogP) is 7.85. The molecule has 0 aliphatic carbocycles. The van der Waals surface area contributed by atoms with Crippen LogP contribution in [0.4, 0.5) is 37.0 Å². The summed E-state index contributed by atoms with van der Waals surface area (Å²) in [5, 5.41) is -0.185. The summed E-state index contributed by atoms with van der Waals surface area (Å²) >= 11 is 3.09. The van der Waals surface area contributed by atoms with Crippen molar-refractivity contribution in [3.8, 4) is 6.01 Å².